The molecule has 9 aromatic carbocycles. The van der Waals surface area contributed by atoms with Gasteiger partial charge in [-0.15, -0.1) is 11.3 Å². The van der Waals surface area contributed by atoms with Crippen LogP contribution in [0.25, 0.3) is 131 Å². The molecule has 5 heterocycles. The number of aromatic nitrogens is 5. The van der Waals surface area contributed by atoms with Gasteiger partial charge in [0, 0.05) is 70.2 Å². The number of furan rings is 1. The molecule has 7 heteroatoms. The first-order valence-electron chi connectivity index (χ1n) is 21.4. The normalized spacial score (nSPS) is 12.1. The molecule has 5 aromatic heterocycles. The first-order chi connectivity index (χ1) is 31.7. The van der Waals surface area contributed by atoms with Crippen LogP contribution >= 0.6 is 11.3 Å². The molecule has 0 aliphatic rings. The SMILES string of the molecule is c1ccc(-c2nc(-c3ccccc3)nc(-c3cccc4c3sc3c(-n5c6ccccc6c6cc(-n7c8ccccc8c8cc9oc%10ccccc%10c9cc87)ccc65)cccc34)n2)cc1. The number of hydrogen-bond donors (Lipinski definition) is 0. The Morgan fingerprint density at radius 3 is 1.64 bits per heavy atom. The van der Waals surface area contributed by atoms with Crippen molar-refractivity contribution in [3.8, 4) is 45.5 Å². The molecule has 0 saturated carbocycles. The van der Waals surface area contributed by atoms with Crippen LogP contribution in [0, 0.1) is 0 Å². The molecule has 0 bridgehead atoms. The summed E-state index contributed by atoms with van der Waals surface area (Å²) in [5.74, 6) is 1.96. The van der Waals surface area contributed by atoms with Gasteiger partial charge in [0.05, 0.1) is 32.5 Å². The van der Waals surface area contributed by atoms with Crippen LogP contribution in [-0.4, -0.2) is 24.1 Å². The Labute approximate surface area is 369 Å². The molecule has 14 aromatic rings. The van der Waals surface area contributed by atoms with Crippen molar-refractivity contribution in [2.75, 3.05) is 0 Å². The molecule has 0 aliphatic carbocycles. The van der Waals surface area contributed by atoms with Gasteiger partial charge in [-0.3, -0.25) is 0 Å². The second kappa shape index (κ2) is 13.6. The second-order valence-electron chi connectivity index (χ2n) is 16.3. The average Bonchev–Trinajstić information content (AvgIpc) is 4.11. The highest BCUT2D eigenvalue weighted by Crippen LogP contribution is 2.45. The van der Waals surface area contributed by atoms with Crippen LogP contribution in [0.5, 0.6) is 0 Å². The number of fused-ring (bicyclic) bond motifs is 12. The third kappa shape index (κ3) is 5.16. The zero-order valence-corrected chi connectivity index (χ0v) is 34.9. The Balaban J connectivity index is 0.977. The molecular formula is C57H33N5OS. The highest BCUT2D eigenvalue weighted by Gasteiger charge is 2.22. The van der Waals surface area contributed by atoms with Crippen molar-refractivity contribution in [3.63, 3.8) is 0 Å². The highest BCUT2D eigenvalue weighted by molar-refractivity contribution is 7.26. The predicted molar refractivity (Wildman–Crippen MR) is 265 cm³/mol. The summed E-state index contributed by atoms with van der Waals surface area (Å²) in [6.07, 6.45) is 0. The summed E-state index contributed by atoms with van der Waals surface area (Å²) in [5.41, 5.74) is 11.6. The van der Waals surface area contributed by atoms with Gasteiger partial charge >= 0.3 is 0 Å². The van der Waals surface area contributed by atoms with Crippen LogP contribution in [0.2, 0.25) is 0 Å². The van der Waals surface area contributed by atoms with Crippen LogP contribution in [0.15, 0.2) is 205 Å². The molecule has 0 N–H and O–H groups in total. The Morgan fingerprint density at radius 1 is 0.344 bits per heavy atom. The van der Waals surface area contributed by atoms with E-state index in [2.05, 4.69) is 161 Å². The summed E-state index contributed by atoms with van der Waals surface area (Å²) in [4.78, 5) is 15.3. The standard InChI is InChI=1S/C57H33N5OS/c1-3-15-34(16-4-1)55-58-56(35-17-5-2-6-18-35)60-57(59-55)42-24-13-22-40-41-23-14-27-49(54(41)64-53(40)42)62-47-26-11-8-19-37(47)43-31-36(29-30-48(43)62)61-46-25-10-7-20-38(46)44-33-52-45(32-50(44)61)39-21-9-12-28-51(39)63-52/h1-33H. The van der Waals surface area contributed by atoms with Gasteiger partial charge in [0.25, 0.3) is 0 Å². The monoisotopic (exact) mass is 835 g/mol. The number of benzene rings is 9. The van der Waals surface area contributed by atoms with Gasteiger partial charge < -0.3 is 13.6 Å². The maximum atomic E-state index is 6.38. The molecule has 0 aliphatic heterocycles. The van der Waals surface area contributed by atoms with Crippen molar-refractivity contribution < 1.29 is 4.42 Å². The van der Waals surface area contributed by atoms with Crippen molar-refractivity contribution in [3.05, 3.63) is 200 Å². The molecule has 0 saturated heterocycles. The van der Waals surface area contributed by atoms with E-state index >= 15 is 0 Å². The molecule has 0 fully saturated rings. The van der Waals surface area contributed by atoms with Crippen molar-refractivity contribution in [1.82, 2.24) is 24.1 Å². The first-order valence-corrected chi connectivity index (χ1v) is 22.3. The predicted octanol–water partition coefficient (Wildman–Crippen LogP) is 15.3. The van der Waals surface area contributed by atoms with Gasteiger partial charge in [-0.2, -0.15) is 0 Å². The highest BCUT2D eigenvalue weighted by atomic mass is 32.1. The van der Waals surface area contributed by atoms with E-state index in [4.69, 9.17) is 19.4 Å². The van der Waals surface area contributed by atoms with Gasteiger partial charge in [0.15, 0.2) is 17.5 Å². The molecule has 6 nitrogen and oxygen atoms in total. The molecule has 0 unspecified atom stereocenters. The zero-order valence-electron chi connectivity index (χ0n) is 34.1. The number of thiophene rings is 1. The fourth-order valence-electron chi connectivity index (χ4n) is 9.91. The average molecular weight is 836 g/mol. The van der Waals surface area contributed by atoms with Gasteiger partial charge in [-0.1, -0.05) is 140 Å². The molecule has 0 radical (unpaired) electrons. The molecule has 0 atom stereocenters. The Kier molecular flexibility index (Phi) is 7.46. The zero-order chi connectivity index (χ0) is 41.9. The Bertz CT molecular complexity index is 4140. The van der Waals surface area contributed by atoms with E-state index in [1.54, 1.807) is 11.3 Å². The fourth-order valence-corrected chi connectivity index (χ4v) is 11.2. The van der Waals surface area contributed by atoms with Gasteiger partial charge in [0.1, 0.15) is 11.2 Å². The molecule has 0 amide bonds. The van der Waals surface area contributed by atoms with E-state index in [1.165, 1.54) is 37.0 Å². The van der Waals surface area contributed by atoms with E-state index in [1.807, 2.05) is 48.5 Å². The third-order valence-corrected chi connectivity index (χ3v) is 14.0. The van der Waals surface area contributed by atoms with Crippen LogP contribution in [-0.2, 0) is 0 Å². The lowest BCUT2D eigenvalue weighted by atomic mass is 10.1. The minimum atomic E-state index is 0.650. The fraction of sp³-hybridized carbons (Fsp3) is 0. The number of hydrogen-bond acceptors (Lipinski definition) is 5. The van der Waals surface area contributed by atoms with Crippen LogP contribution in [0.1, 0.15) is 0 Å². The summed E-state index contributed by atoms with van der Waals surface area (Å²) >= 11 is 1.80. The van der Waals surface area contributed by atoms with Gasteiger partial charge in [-0.05, 0) is 60.7 Å². The van der Waals surface area contributed by atoms with Crippen LogP contribution in [0.4, 0.5) is 0 Å². The van der Waals surface area contributed by atoms with Crippen molar-refractivity contribution in [2.45, 2.75) is 0 Å². The minimum Gasteiger partial charge on any atom is -0.456 e. The lowest BCUT2D eigenvalue weighted by Gasteiger charge is -2.11. The number of rotatable bonds is 5. The summed E-state index contributed by atoms with van der Waals surface area (Å²) < 4.78 is 13.6. The van der Waals surface area contributed by atoms with Crippen molar-refractivity contribution in [1.29, 1.82) is 0 Å². The summed E-state index contributed by atoms with van der Waals surface area (Å²) in [6.45, 7) is 0. The molecule has 64 heavy (non-hydrogen) atoms. The molecule has 298 valence electrons. The largest absolute Gasteiger partial charge is 0.456 e. The summed E-state index contributed by atoms with van der Waals surface area (Å²) in [7, 11) is 0. The maximum Gasteiger partial charge on any atom is 0.165 e. The summed E-state index contributed by atoms with van der Waals surface area (Å²) in [6, 6.07) is 70.8. The van der Waals surface area contributed by atoms with E-state index in [9.17, 15) is 0 Å². The summed E-state index contributed by atoms with van der Waals surface area (Å²) in [5, 5.41) is 9.39. The molecular weight excluding hydrogens is 803 g/mol. The second-order valence-corrected chi connectivity index (χ2v) is 17.4. The van der Waals surface area contributed by atoms with E-state index in [-0.39, 0.29) is 0 Å². The van der Waals surface area contributed by atoms with Gasteiger partial charge in [0.2, 0.25) is 0 Å². The lowest BCUT2D eigenvalue weighted by molar-refractivity contribution is 0.669. The van der Waals surface area contributed by atoms with E-state index in [0.717, 1.165) is 76.8 Å². The van der Waals surface area contributed by atoms with Crippen molar-refractivity contribution >= 4 is 97.1 Å². The Morgan fingerprint density at radius 2 is 0.906 bits per heavy atom. The van der Waals surface area contributed by atoms with Gasteiger partial charge in [-0.25, -0.2) is 15.0 Å². The quantitative estimate of drug-likeness (QED) is 0.173. The number of nitrogens with zero attached hydrogens (tertiary/aromatic N) is 5. The molecule has 14 rings (SSSR count). The smallest absolute Gasteiger partial charge is 0.165 e. The van der Waals surface area contributed by atoms with E-state index < -0.39 is 0 Å². The third-order valence-electron chi connectivity index (χ3n) is 12.8. The van der Waals surface area contributed by atoms with Crippen LogP contribution < -0.4 is 0 Å². The topological polar surface area (TPSA) is 61.7 Å². The van der Waals surface area contributed by atoms with Crippen molar-refractivity contribution in [2.24, 2.45) is 0 Å². The number of para-hydroxylation sites is 3. The first kappa shape index (κ1) is 35.2. The van der Waals surface area contributed by atoms with E-state index in [0.29, 0.717) is 17.5 Å². The van der Waals surface area contributed by atoms with Crippen LogP contribution in [0.3, 0.4) is 0 Å². The Hall–Kier alpha value is -8.39. The lowest BCUT2D eigenvalue weighted by Crippen LogP contribution is -2.00. The molecule has 0 spiro atoms. The minimum absolute atomic E-state index is 0.650. The maximum absolute atomic E-state index is 6.38.